The molecule has 1 rings (SSSR count). The van der Waals surface area contributed by atoms with Crippen LogP contribution in [0.3, 0.4) is 0 Å². The lowest BCUT2D eigenvalue weighted by atomic mass is 10.2. The maximum Gasteiger partial charge on any atom is 0.248 e. The summed E-state index contributed by atoms with van der Waals surface area (Å²) in [5.41, 5.74) is 0. The average Bonchev–Trinajstić information content (AvgIpc) is 2.55. The second-order valence-corrected chi connectivity index (χ2v) is 18.0. The van der Waals surface area contributed by atoms with Gasteiger partial charge in [-0.3, -0.25) is 0 Å². The van der Waals surface area contributed by atoms with Crippen LogP contribution in [-0.4, -0.2) is 25.0 Å². The third kappa shape index (κ3) is 5.27. The smallest absolute Gasteiger partial charge is 0.218 e. The Labute approximate surface area is 147 Å². The lowest BCUT2D eigenvalue weighted by Gasteiger charge is -2.38. The zero-order valence-electron chi connectivity index (χ0n) is 17.5. The monoisotopic (exact) mass is 357 g/mol. The van der Waals surface area contributed by atoms with Crippen molar-refractivity contribution in [3.05, 3.63) is 18.7 Å². The van der Waals surface area contributed by atoms with Crippen molar-refractivity contribution in [1.82, 2.24) is 4.34 Å². The molecule has 0 saturated carbocycles. The maximum absolute atomic E-state index is 2.52. The molecule has 0 amide bonds. The minimum absolute atomic E-state index is 0.288. The van der Waals surface area contributed by atoms with E-state index in [9.17, 15) is 0 Å². The summed E-state index contributed by atoms with van der Waals surface area (Å²) in [6.45, 7) is 28.6. The summed E-state index contributed by atoms with van der Waals surface area (Å²) < 4.78 is 5.03. The molecular weight excluding hydrogens is 318 g/mol. The minimum atomic E-state index is -0.307. The van der Waals surface area contributed by atoms with Gasteiger partial charge in [-0.15, -0.1) is 0 Å². The molecule has 1 aromatic heterocycles. The van der Waals surface area contributed by atoms with Gasteiger partial charge >= 0.3 is 0 Å². The molecule has 2 nitrogen and oxygen atoms in total. The normalized spacial score (nSPS) is 14.9. The predicted octanol–water partition coefficient (Wildman–Crippen LogP) is 6.46. The molecule has 134 valence electrons. The molecular formula is C19H39N2P2+. The van der Waals surface area contributed by atoms with E-state index >= 15 is 0 Å². The van der Waals surface area contributed by atoms with Gasteiger partial charge in [-0.25, -0.2) is 8.68 Å². The first-order valence-corrected chi connectivity index (χ1v) is 11.2. The molecule has 1 aromatic rings. The Morgan fingerprint density at radius 3 is 1.35 bits per heavy atom. The van der Waals surface area contributed by atoms with Gasteiger partial charge in [0.25, 0.3) is 0 Å². The molecule has 23 heavy (non-hydrogen) atoms. The van der Waals surface area contributed by atoms with Crippen molar-refractivity contribution in [2.24, 2.45) is 0 Å². The van der Waals surface area contributed by atoms with Crippen LogP contribution < -0.4 is 4.34 Å². The van der Waals surface area contributed by atoms with Gasteiger partial charge in [0.05, 0.1) is 0 Å². The lowest BCUT2D eigenvalue weighted by molar-refractivity contribution is -0.514. The fraction of sp³-hybridized carbons (Fsp3) is 0.842. The molecule has 0 unspecified atom stereocenters. The zero-order valence-corrected chi connectivity index (χ0v) is 19.3. The third-order valence-electron chi connectivity index (χ3n) is 3.61. The van der Waals surface area contributed by atoms with Gasteiger partial charge in [-0.2, -0.15) is 0 Å². The summed E-state index contributed by atoms with van der Waals surface area (Å²) in [5.74, 6) is 0. The Balaban J connectivity index is 3.37. The summed E-state index contributed by atoms with van der Waals surface area (Å²) in [6, 6.07) is 0. The molecule has 0 aliphatic rings. The molecule has 0 fully saturated rings. The van der Waals surface area contributed by atoms with Crippen LogP contribution in [-0.2, 0) is 0 Å². The van der Waals surface area contributed by atoms with E-state index in [0.29, 0.717) is 0 Å². The van der Waals surface area contributed by atoms with E-state index in [4.69, 9.17) is 0 Å². The van der Waals surface area contributed by atoms with Crippen molar-refractivity contribution in [2.75, 3.05) is 0 Å². The van der Waals surface area contributed by atoms with E-state index in [1.54, 1.807) is 0 Å². The van der Waals surface area contributed by atoms with Crippen LogP contribution in [0.1, 0.15) is 83.1 Å². The fourth-order valence-electron chi connectivity index (χ4n) is 3.97. The lowest BCUT2D eigenvalue weighted by Crippen LogP contribution is -2.42. The Morgan fingerprint density at radius 2 is 1.04 bits per heavy atom. The number of nitrogens with zero attached hydrogens (tertiary/aromatic N) is 2. The van der Waals surface area contributed by atoms with Crippen molar-refractivity contribution in [3.8, 4) is 0 Å². The minimum Gasteiger partial charge on any atom is -0.218 e. The standard InChI is InChI=1S/C19H39N2P2/c1-16(2,3)22(17(4,5)6)20-13-14-21(15-20)23(18(7,8)9)19(10,11)12/h13-15H,1-12H3/q+1. The summed E-state index contributed by atoms with van der Waals surface area (Å²) in [7, 11) is -0.615. The fourth-order valence-corrected chi connectivity index (χ4v) is 11.7. The van der Waals surface area contributed by atoms with Crippen molar-refractivity contribution in [1.29, 1.82) is 0 Å². The van der Waals surface area contributed by atoms with Crippen molar-refractivity contribution < 1.29 is 4.34 Å². The quantitative estimate of drug-likeness (QED) is 0.537. The van der Waals surface area contributed by atoms with Gasteiger partial charge in [-0.05, 0) is 0 Å². The van der Waals surface area contributed by atoms with Crippen molar-refractivity contribution in [2.45, 2.75) is 104 Å². The first kappa shape index (κ1) is 21.1. The van der Waals surface area contributed by atoms with E-state index in [1.165, 1.54) is 0 Å². The molecule has 0 aliphatic heterocycles. The highest BCUT2D eigenvalue weighted by Crippen LogP contribution is 2.60. The molecule has 0 spiro atoms. The molecule has 0 bridgehead atoms. The molecule has 0 aliphatic carbocycles. The van der Waals surface area contributed by atoms with E-state index in [0.717, 1.165) is 0 Å². The highest BCUT2D eigenvalue weighted by Gasteiger charge is 2.44. The molecule has 0 aromatic carbocycles. The van der Waals surface area contributed by atoms with E-state index in [1.807, 2.05) is 0 Å². The second kappa shape index (κ2) is 6.42. The van der Waals surface area contributed by atoms with Crippen LogP contribution in [0.2, 0.25) is 0 Å². The molecule has 1 heterocycles. The number of rotatable bonds is 2. The zero-order chi connectivity index (χ0) is 18.4. The van der Waals surface area contributed by atoms with Gasteiger partial charge in [0.15, 0.2) is 0 Å². The van der Waals surface area contributed by atoms with E-state index < -0.39 is 0 Å². The van der Waals surface area contributed by atoms with Crippen molar-refractivity contribution in [3.63, 3.8) is 0 Å². The molecule has 0 atom stereocenters. The molecule has 0 radical (unpaired) electrons. The summed E-state index contributed by atoms with van der Waals surface area (Å²) >= 11 is 0. The predicted molar refractivity (Wildman–Crippen MR) is 108 cm³/mol. The summed E-state index contributed by atoms with van der Waals surface area (Å²) in [5, 5.41) is 1.15. The van der Waals surface area contributed by atoms with Crippen LogP contribution >= 0.6 is 16.1 Å². The second-order valence-electron chi connectivity index (χ2n) is 10.5. The van der Waals surface area contributed by atoms with Gasteiger partial charge < -0.3 is 0 Å². The average molecular weight is 357 g/mol. The third-order valence-corrected chi connectivity index (χ3v) is 10.1. The Bertz CT molecular complexity index is 445. The van der Waals surface area contributed by atoms with E-state index in [-0.39, 0.29) is 36.8 Å². The first-order chi connectivity index (χ1) is 9.95. The molecule has 4 heteroatoms. The Morgan fingerprint density at radius 1 is 0.652 bits per heavy atom. The summed E-state index contributed by atoms with van der Waals surface area (Å²) in [4.78, 5) is 0. The topological polar surface area (TPSA) is 8.81 Å². The van der Waals surface area contributed by atoms with Crippen LogP contribution in [0.5, 0.6) is 0 Å². The van der Waals surface area contributed by atoms with Crippen LogP contribution in [0, 0.1) is 0 Å². The molecule has 0 saturated heterocycles. The van der Waals surface area contributed by atoms with Gasteiger partial charge in [0.2, 0.25) is 6.33 Å². The summed E-state index contributed by atoms with van der Waals surface area (Å²) in [6.07, 6.45) is 7.02. The van der Waals surface area contributed by atoms with E-state index in [2.05, 4.69) is 110 Å². The maximum atomic E-state index is 2.52. The van der Waals surface area contributed by atoms with Crippen molar-refractivity contribution >= 4 is 16.1 Å². The number of aromatic nitrogens is 2. The SMILES string of the molecule is CC(C)(C)P(n1cc[n+](P(C(C)(C)C)C(C)(C)C)c1)C(C)(C)C. The van der Waals surface area contributed by atoms with Gasteiger partial charge in [-0.1, -0.05) is 83.1 Å². The highest BCUT2D eigenvalue weighted by atomic mass is 31.1. The number of hydrogen-bond acceptors (Lipinski definition) is 0. The number of hydrogen-bond donors (Lipinski definition) is 0. The largest absolute Gasteiger partial charge is 0.248 e. The van der Waals surface area contributed by atoms with Gasteiger partial charge in [0, 0.05) is 20.6 Å². The number of imidazole rings is 1. The Kier molecular flexibility index (Phi) is 5.89. The van der Waals surface area contributed by atoms with Crippen LogP contribution in [0.4, 0.5) is 0 Å². The molecule has 0 N–H and O–H groups in total. The van der Waals surface area contributed by atoms with Gasteiger partial charge in [0.1, 0.15) is 28.5 Å². The van der Waals surface area contributed by atoms with Crippen LogP contribution in [0.25, 0.3) is 0 Å². The first-order valence-electron chi connectivity index (χ1n) is 8.66. The Hall–Kier alpha value is 0.0700. The van der Waals surface area contributed by atoms with Crippen LogP contribution in [0.15, 0.2) is 18.7 Å². The highest BCUT2D eigenvalue weighted by molar-refractivity contribution is 7.59.